The molecule has 1 unspecified atom stereocenters. The van der Waals surface area contributed by atoms with Gasteiger partial charge in [0.2, 0.25) is 0 Å². The smallest absolute Gasteiger partial charge is 0.119 e. The minimum absolute atomic E-state index is 0.201. The van der Waals surface area contributed by atoms with Crippen LogP contribution in [0.5, 0.6) is 5.75 Å². The standard InChI is InChI=1S/C16H14O/c1-11-10-12-6-2-3-7-13(12)16(11)14-8-4-5-9-15(14)17/h2-10,16-17H,1H3. The minimum atomic E-state index is 0.201. The lowest BCUT2D eigenvalue weighted by Crippen LogP contribution is -1.99. The molecule has 1 heteroatoms. The number of allylic oxidation sites excluding steroid dienone is 1. The van der Waals surface area contributed by atoms with E-state index < -0.39 is 0 Å². The molecular formula is C16H14O. The van der Waals surface area contributed by atoms with Crippen LogP contribution < -0.4 is 0 Å². The van der Waals surface area contributed by atoms with Gasteiger partial charge in [-0.1, -0.05) is 54.1 Å². The summed E-state index contributed by atoms with van der Waals surface area (Å²) >= 11 is 0. The number of rotatable bonds is 1. The summed E-state index contributed by atoms with van der Waals surface area (Å²) in [5.74, 6) is 0.578. The van der Waals surface area contributed by atoms with Gasteiger partial charge in [-0.05, 0) is 24.1 Å². The van der Waals surface area contributed by atoms with E-state index in [0.717, 1.165) is 5.56 Å². The van der Waals surface area contributed by atoms with E-state index in [1.165, 1.54) is 16.7 Å². The molecule has 1 aliphatic carbocycles. The highest BCUT2D eigenvalue weighted by molar-refractivity contribution is 5.69. The van der Waals surface area contributed by atoms with Crippen molar-refractivity contribution in [2.24, 2.45) is 0 Å². The first kappa shape index (κ1) is 10.2. The van der Waals surface area contributed by atoms with Crippen molar-refractivity contribution in [1.29, 1.82) is 0 Å². The second-order valence-corrected chi connectivity index (χ2v) is 4.51. The zero-order chi connectivity index (χ0) is 11.8. The molecule has 0 spiro atoms. The van der Waals surface area contributed by atoms with Crippen molar-refractivity contribution in [1.82, 2.24) is 0 Å². The predicted octanol–water partition coefficient (Wildman–Crippen LogP) is 3.94. The van der Waals surface area contributed by atoms with E-state index in [2.05, 4.69) is 37.3 Å². The second kappa shape index (κ2) is 3.77. The van der Waals surface area contributed by atoms with Crippen LogP contribution in [0.25, 0.3) is 6.08 Å². The highest BCUT2D eigenvalue weighted by atomic mass is 16.3. The molecule has 0 aliphatic heterocycles. The van der Waals surface area contributed by atoms with E-state index in [-0.39, 0.29) is 5.92 Å². The lowest BCUT2D eigenvalue weighted by atomic mass is 9.88. The van der Waals surface area contributed by atoms with E-state index in [9.17, 15) is 5.11 Å². The van der Waals surface area contributed by atoms with Gasteiger partial charge in [0, 0.05) is 11.5 Å². The molecule has 0 fully saturated rings. The SMILES string of the molecule is CC1=Cc2ccccc2C1c1ccccc1O. The Morgan fingerprint density at radius 1 is 0.882 bits per heavy atom. The Morgan fingerprint density at radius 2 is 1.53 bits per heavy atom. The summed E-state index contributed by atoms with van der Waals surface area (Å²) in [6.07, 6.45) is 2.20. The molecule has 84 valence electrons. The van der Waals surface area contributed by atoms with Crippen molar-refractivity contribution >= 4 is 6.08 Å². The zero-order valence-electron chi connectivity index (χ0n) is 9.72. The van der Waals surface area contributed by atoms with Crippen LogP contribution in [0, 0.1) is 0 Å². The molecule has 0 saturated carbocycles. The average Bonchev–Trinajstić information content (AvgIpc) is 2.66. The maximum atomic E-state index is 9.99. The summed E-state index contributed by atoms with van der Waals surface area (Å²) in [4.78, 5) is 0. The van der Waals surface area contributed by atoms with Gasteiger partial charge in [-0.2, -0.15) is 0 Å². The molecule has 17 heavy (non-hydrogen) atoms. The van der Waals surface area contributed by atoms with Gasteiger partial charge in [0.25, 0.3) is 0 Å². The summed E-state index contributed by atoms with van der Waals surface area (Å²) < 4.78 is 0. The third kappa shape index (κ3) is 1.55. The summed E-state index contributed by atoms with van der Waals surface area (Å²) in [5, 5.41) is 9.99. The van der Waals surface area contributed by atoms with Crippen molar-refractivity contribution < 1.29 is 5.11 Å². The Morgan fingerprint density at radius 3 is 2.29 bits per heavy atom. The number of hydrogen-bond acceptors (Lipinski definition) is 1. The second-order valence-electron chi connectivity index (χ2n) is 4.51. The zero-order valence-corrected chi connectivity index (χ0v) is 9.72. The molecule has 1 aliphatic rings. The van der Waals surface area contributed by atoms with Crippen molar-refractivity contribution in [3.63, 3.8) is 0 Å². The Balaban J connectivity index is 2.18. The van der Waals surface area contributed by atoms with Crippen LogP contribution in [0.2, 0.25) is 0 Å². The van der Waals surface area contributed by atoms with E-state index in [4.69, 9.17) is 0 Å². The van der Waals surface area contributed by atoms with Crippen LogP contribution in [0.3, 0.4) is 0 Å². The van der Waals surface area contributed by atoms with Gasteiger partial charge in [0.1, 0.15) is 5.75 Å². The van der Waals surface area contributed by atoms with Gasteiger partial charge in [0.05, 0.1) is 0 Å². The molecule has 0 radical (unpaired) electrons. The molecule has 1 atom stereocenters. The van der Waals surface area contributed by atoms with Crippen LogP contribution in [-0.4, -0.2) is 5.11 Å². The largest absolute Gasteiger partial charge is 0.508 e. The number of hydrogen-bond donors (Lipinski definition) is 1. The Labute approximate surface area is 101 Å². The molecule has 1 nitrogen and oxygen atoms in total. The monoisotopic (exact) mass is 222 g/mol. The molecule has 0 aromatic heterocycles. The molecule has 2 aromatic rings. The number of phenols is 1. The van der Waals surface area contributed by atoms with E-state index >= 15 is 0 Å². The van der Waals surface area contributed by atoms with Crippen LogP contribution in [-0.2, 0) is 0 Å². The van der Waals surface area contributed by atoms with E-state index in [1.807, 2.05) is 18.2 Å². The maximum Gasteiger partial charge on any atom is 0.119 e. The molecule has 3 rings (SSSR count). The minimum Gasteiger partial charge on any atom is -0.508 e. The molecule has 2 aromatic carbocycles. The number of phenolic OH excluding ortho intramolecular Hbond substituents is 1. The van der Waals surface area contributed by atoms with Gasteiger partial charge >= 0.3 is 0 Å². The third-order valence-electron chi connectivity index (χ3n) is 3.39. The normalized spacial score (nSPS) is 17.7. The van der Waals surface area contributed by atoms with Crippen LogP contribution in [0.1, 0.15) is 29.5 Å². The first-order chi connectivity index (χ1) is 8.27. The van der Waals surface area contributed by atoms with Crippen molar-refractivity contribution in [2.75, 3.05) is 0 Å². The van der Waals surface area contributed by atoms with Gasteiger partial charge < -0.3 is 5.11 Å². The van der Waals surface area contributed by atoms with E-state index in [0.29, 0.717) is 5.75 Å². The van der Waals surface area contributed by atoms with Crippen LogP contribution >= 0.6 is 0 Å². The Bertz CT molecular complexity index is 596. The van der Waals surface area contributed by atoms with Crippen LogP contribution in [0.4, 0.5) is 0 Å². The highest BCUT2D eigenvalue weighted by Gasteiger charge is 2.25. The lowest BCUT2D eigenvalue weighted by molar-refractivity contribution is 0.467. The molecule has 0 amide bonds. The number of aromatic hydroxyl groups is 1. The average molecular weight is 222 g/mol. The van der Waals surface area contributed by atoms with Crippen molar-refractivity contribution in [3.05, 3.63) is 70.8 Å². The fourth-order valence-electron chi connectivity index (χ4n) is 2.62. The summed E-state index contributed by atoms with van der Waals surface area (Å²) in [5.41, 5.74) is 4.82. The van der Waals surface area contributed by atoms with Gasteiger partial charge in [0.15, 0.2) is 0 Å². The fourth-order valence-corrected chi connectivity index (χ4v) is 2.62. The first-order valence-corrected chi connectivity index (χ1v) is 5.82. The van der Waals surface area contributed by atoms with E-state index in [1.54, 1.807) is 6.07 Å². The topological polar surface area (TPSA) is 20.2 Å². The maximum absolute atomic E-state index is 9.99. The van der Waals surface area contributed by atoms with Crippen LogP contribution in [0.15, 0.2) is 54.1 Å². The number of benzene rings is 2. The van der Waals surface area contributed by atoms with Crippen molar-refractivity contribution in [2.45, 2.75) is 12.8 Å². The fraction of sp³-hybridized carbons (Fsp3) is 0.125. The number of fused-ring (bicyclic) bond motifs is 1. The summed E-state index contributed by atoms with van der Waals surface area (Å²) in [6.45, 7) is 2.12. The lowest BCUT2D eigenvalue weighted by Gasteiger charge is -2.16. The van der Waals surface area contributed by atoms with Gasteiger partial charge in [-0.25, -0.2) is 0 Å². The molecule has 0 bridgehead atoms. The Hall–Kier alpha value is -2.02. The van der Waals surface area contributed by atoms with Crippen molar-refractivity contribution in [3.8, 4) is 5.75 Å². The first-order valence-electron chi connectivity index (χ1n) is 5.82. The summed E-state index contributed by atoms with van der Waals surface area (Å²) in [6, 6.07) is 16.0. The quantitative estimate of drug-likeness (QED) is 0.774. The number of para-hydroxylation sites is 1. The highest BCUT2D eigenvalue weighted by Crippen LogP contribution is 2.43. The van der Waals surface area contributed by atoms with Gasteiger partial charge in [-0.15, -0.1) is 0 Å². The third-order valence-corrected chi connectivity index (χ3v) is 3.39. The molecule has 0 heterocycles. The predicted molar refractivity (Wildman–Crippen MR) is 70.0 cm³/mol. The Kier molecular flexibility index (Phi) is 2.25. The van der Waals surface area contributed by atoms with Gasteiger partial charge in [-0.3, -0.25) is 0 Å². The summed E-state index contributed by atoms with van der Waals surface area (Å²) in [7, 11) is 0. The molecular weight excluding hydrogens is 208 g/mol. The molecule has 1 N–H and O–H groups in total. The molecule has 0 saturated heterocycles.